The first kappa shape index (κ1) is 14.9. The molecular weight excluding hydrogens is 254 g/mol. The predicted molar refractivity (Wildman–Crippen MR) is 78.2 cm³/mol. The molecule has 1 aromatic carbocycles. The molecule has 1 aromatic rings. The molecule has 110 valence electrons. The van der Waals surface area contributed by atoms with E-state index in [0.29, 0.717) is 0 Å². The molecule has 0 aliphatic carbocycles. The van der Waals surface area contributed by atoms with Crippen LogP contribution in [0.2, 0.25) is 0 Å². The standard InChI is InChI=1S/C16H23NO3/c1-20-15-7-5-13(6-8-15)9-11-17-10-3-2-4-14(17)12-16(18)19/h5-8,14H,2-4,9-12H2,1H3,(H,18,19). The maximum atomic E-state index is 10.9. The second kappa shape index (κ2) is 7.29. The largest absolute Gasteiger partial charge is 0.497 e. The highest BCUT2D eigenvalue weighted by Crippen LogP contribution is 2.20. The number of likely N-dealkylation sites (tertiary alicyclic amines) is 1. The summed E-state index contributed by atoms with van der Waals surface area (Å²) in [6, 6.07) is 8.31. The smallest absolute Gasteiger partial charge is 0.304 e. The number of benzene rings is 1. The summed E-state index contributed by atoms with van der Waals surface area (Å²) in [5.74, 6) is 0.182. The van der Waals surface area contributed by atoms with Gasteiger partial charge in [-0.2, -0.15) is 0 Å². The summed E-state index contributed by atoms with van der Waals surface area (Å²) in [4.78, 5) is 13.3. The number of carboxylic acids is 1. The van der Waals surface area contributed by atoms with E-state index in [2.05, 4.69) is 17.0 Å². The molecule has 1 atom stereocenters. The van der Waals surface area contributed by atoms with Crippen molar-refractivity contribution in [1.82, 2.24) is 4.90 Å². The van der Waals surface area contributed by atoms with E-state index < -0.39 is 5.97 Å². The highest BCUT2D eigenvalue weighted by Gasteiger charge is 2.24. The van der Waals surface area contributed by atoms with Gasteiger partial charge in [0.05, 0.1) is 13.5 Å². The molecule has 0 spiro atoms. The predicted octanol–water partition coefficient (Wildman–Crippen LogP) is 2.57. The zero-order chi connectivity index (χ0) is 14.4. The molecule has 0 amide bonds. The fourth-order valence-electron chi connectivity index (χ4n) is 2.85. The van der Waals surface area contributed by atoms with Gasteiger partial charge in [0.1, 0.15) is 5.75 Å². The fourth-order valence-corrected chi connectivity index (χ4v) is 2.85. The van der Waals surface area contributed by atoms with Crippen molar-refractivity contribution >= 4 is 5.97 Å². The van der Waals surface area contributed by atoms with Crippen LogP contribution in [0.3, 0.4) is 0 Å². The van der Waals surface area contributed by atoms with Gasteiger partial charge in [-0.3, -0.25) is 9.69 Å². The third kappa shape index (κ3) is 4.23. The average Bonchev–Trinajstić information content (AvgIpc) is 2.46. The monoisotopic (exact) mass is 277 g/mol. The highest BCUT2D eigenvalue weighted by atomic mass is 16.5. The number of carbonyl (C=O) groups is 1. The molecule has 0 saturated carbocycles. The molecule has 1 aliphatic rings. The summed E-state index contributed by atoms with van der Waals surface area (Å²) in [6.45, 7) is 1.96. The van der Waals surface area contributed by atoms with Crippen molar-refractivity contribution in [3.8, 4) is 5.75 Å². The van der Waals surface area contributed by atoms with Crippen LogP contribution in [0.1, 0.15) is 31.2 Å². The van der Waals surface area contributed by atoms with Crippen LogP contribution < -0.4 is 4.74 Å². The molecule has 1 N–H and O–H groups in total. The SMILES string of the molecule is COc1ccc(CCN2CCCCC2CC(=O)O)cc1. The molecule has 0 aromatic heterocycles. The molecule has 2 rings (SSSR count). The van der Waals surface area contributed by atoms with Crippen LogP contribution in [0.15, 0.2) is 24.3 Å². The Morgan fingerprint density at radius 2 is 2.10 bits per heavy atom. The number of piperidine rings is 1. The van der Waals surface area contributed by atoms with Crippen molar-refractivity contribution in [3.05, 3.63) is 29.8 Å². The summed E-state index contributed by atoms with van der Waals surface area (Å²) >= 11 is 0. The van der Waals surface area contributed by atoms with Crippen molar-refractivity contribution in [2.45, 2.75) is 38.1 Å². The summed E-state index contributed by atoms with van der Waals surface area (Å²) in [7, 11) is 1.67. The summed E-state index contributed by atoms with van der Waals surface area (Å²) in [6.07, 6.45) is 4.56. The van der Waals surface area contributed by atoms with Gasteiger partial charge in [0, 0.05) is 12.6 Å². The number of hydrogen-bond donors (Lipinski definition) is 1. The van der Waals surface area contributed by atoms with E-state index in [4.69, 9.17) is 9.84 Å². The van der Waals surface area contributed by atoms with Gasteiger partial charge in [-0.1, -0.05) is 18.6 Å². The Morgan fingerprint density at radius 1 is 1.35 bits per heavy atom. The maximum absolute atomic E-state index is 10.9. The molecule has 1 fully saturated rings. The van der Waals surface area contributed by atoms with Crippen LogP contribution in [-0.4, -0.2) is 42.2 Å². The topological polar surface area (TPSA) is 49.8 Å². The second-order valence-corrected chi connectivity index (χ2v) is 5.38. The van der Waals surface area contributed by atoms with E-state index >= 15 is 0 Å². The van der Waals surface area contributed by atoms with E-state index in [-0.39, 0.29) is 12.5 Å². The Hall–Kier alpha value is -1.55. The van der Waals surface area contributed by atoms with Gasteiger partial charge >= 0.3 is 5.97 Å². The van der Waals surface area contributed by atoms with Gasteiger partial charge in [0.25, 0.3) is 0 Å². The Balaban J connectivity index is 1.88. The molecule has 4 nitrogen and oxygen atoms in total. The molecule has 1 unspecified atom stereocenters. The maximum Gasteiger partial charge on any atom is 0.304 e. The first-order chi connectivity index (χ1) is 9.69. The number of methoxy groups -OCH3 is 1. The number of hydrogen-bond acceptors (Lipinski definition) is 3. The fraction of sp³-hybridized carbons (Fsp3) is 0.562. The van der Waals surface area contributed by atoms with Crippen LogP contribution in [0.5, 0.6) is 5.75 Å². The molecule has 20 heavy (non-hydrogen) atoms. The van der Waals surface area contributed by atoms with Crippen molar-refractivity contribution < 1.29 is 14.6 Å². The summed E-state index contributed by atoms with van der Waals surface area (Å²) < 4.78 is 5.15. The molecular formula is C16H23NO3. The minimum absolute atomic E-state index is 0.208. The lowest BCUT2D eigenvalue weighted by Gasteiger charge is -2.34. The Labute approximate surface area is 120 Å². The lowest BCUT2D eigenvalue weighted by atomic mass is 9.98. The number of nitrogens with zero attached hydrogens (tertiary/aromatic N) is 1. The van der Waals surface area contributed by atoms with Crippen molar-refractivity contribution in [3.63, 3.8) is 0 Å². The van der Waals surface area contributed by atoms with Crippen molar-refractivity contribution in [2.75, 3.05) is 20.2 Å². The molecule has 1 heterocycles. The third-order valence-electron chi connectivity index (χ3n) is 4.01. The summed E-state index contributed by atoms with van der Waals surface area (Å²) in [5.41, 5.74) is 1.27. The molecule has 1 aliphatic heterocycles. The van der Waals surface area contributed by atoms with Gasteiger partial charge in [0.2, 0.25) is 0 Å². The number of aliphatic carboxylic acids is 1. The van der Waals surface area contributed by atoms with Crippen LogP contribution in [0, 0.1) is 0 Å². The molecule has 0 radical (unpaired) electrons. The van der Waals surface area contributed by atoms with Gasteiger partial charge < -0.3 is 9.84 Å². The van der Waals surface area contributed by atoms with Crippen LogP contribution in [-0.2, 0) is 11.2 Å². The summed E-state index contributed by atoms with van der Waals surface area (Å²) in [5, 5.41) is 8.99. The molecule has 0 bridgehead atoms. The van der Waals surface area contributed by atoms with Gasteiger partial charge in [-0.25, -0.2) is 0 Å². The van der Waals surface area contributed by atoms with E-state index in [1.54, 1.807) is 7.11 Å². The van der Waals surface area contributed by atoms with Crippen LogP contribution in [0.25, 0.3) is 0 Å². The van der Waals surface area contributed by atoms with Gasteiger partial charge in [-0.15, -0.1) is 0 Å². The zero-order valence-corrected chi connectivity index (χ0v) is 12.0. The van der Waals surface area contributed by atoms with Gasteiger partial charge in [0.15, 0.2) is 0 Å². The number of ether oxygens (including phenoxy) is 1. The van der Waals surface area contributed by atoms with Crippen molar-refractivity contribution in [2.24, 2.45) is 0 Å². The van der Waals surface area contributed by atoms with Crippen LogP contribution in [0.4, 0.5) is 0 Å². The molecule has 1 saturated heterocycles. The van der Waals surface area contributed by atoms with E-state index in [0.717, 1.165) is 38.1 Å². The Morgan fingerprint density at radius 3 is 2.75 bits per heavy atom. The second-order valence-electron chi connectivity index (χ2n) is 5.38. The quantitative estimate of drug-likeness (QED) is 0.868. The van der Waals surface area contributed by atoms with E-state index in [9.17, 15) is 4.79 Å². The van der Waals surface area contributed by atoms with Crippen molar-refractivity contribution in [1.29, 1.82) is 0 Å². The normalized spacial score (nSPS) is 19.8. The van der Waals surface area contributed by atoms with Crippen LogP contribution >= 0.6 is 0 Å². The Kier molecular flexibility index (Phi) is 5.41. The number of carboxylic acid groups (broad SMARTS) is 1. The highest BCUT2D eigenvalue weighted by molar-refractivity contribution is 5.67. The first-order valence-corrected chi connectivity index (χ1v) is 7.28. The average molecular weight is 277 g/mol. The lowest BCUT2D eigenvalue weighted by molar-refractivity contribution is -0.138. The minimum atomic E-state index is -0.689. The first-order valence-electron chi connectivity index (χ1n) is 7.28. The minimum Gasteiger partial charge on any atom is -0.497 e. The third-order valence-corrected chi connectivity index (χ3v) is 4.01. The Bertz CT molecular complexity index is 430. The van der Waals surface area contributed by atoms with E-state index in [1.807, 2.05) is 12.1 Å². The molecule has 4 heteroatoms. The lowest BCUT2D eigenvalue weighted by Crippen LogP contribution is -2.41. The number of rotatable bonds is 6. The van der Waals surface area contributed by atoms with E-state index in [1.165, 1.54) is 12.0 Å². The van der Waals surface area contributed by atoms with Gasteiger partial charge in [-0.05, 0) is 43.5 Å². The zero-order valence-electron chi connectivity index (χ0n) is 12.0.